The molecule has 0 aliphatic carbocycles. The van der Waals surface area contributed by atoms with E-state index >= 15 is 0 Å². The zero-order chi connectivity index (χ0) is 14.1. The number of aliphatic hydroxyl groups excluding tert-OH is 2. The molecule has 20 heavy (non-hydrogen) atoms. The van der Waals surface area contributed by atoms with E-state index in [4.69, 9.17) is 20.4 Å². The smallest absolute Gasteiger partial charge is 0.191 e. The fraction of sp³-hybridized carbons (Fsp3) is 0.286. The van der Waals surface area contributed by atoms with Gasteiger partial charge in [-0.1, -0.05) is 0 Å². The van der Waals surface area contributed by atoms with Crippen LogP contribution in [0.3, 0.4) is 0 Å². The highest BCUT2D eigenvalue weighted by Gasteiger charge is 2.12. The Kier molecular flexibility index (Phi) is 3.25. The monoisotopic (exact) mass is 275 g/mol. The van der Waals surface area contributed by atoms with Gasteiger partial charge in [0, 0.05) is 35.4 Å². The van der Waals surface area contributed by atoms with Gasteiger partial charge < -0.3 is 30.2 Å². The number of aromatic amines is 1. The number of H-pyrrole nitrogens is 1. The fourth-order valence-corrected chi connectivity index (χ4v) is 2.49. The molecular weight excluding hydrogens is 258 g/mol. The standard InChI is InChI=1S/C14H17N3O3/c15-13-7-10-9-8-14(17(3-5-18)4-6-19)16-11(9)1-2-12(10)20-13/h1-2,7-8,16,18-19H,3-6,15H2. The van der Waals surface area contributed by atoms with E-state index in [0.717, 1.165) is 27.7 Å². The predicted molar refractivity (Wildman–Crippen MR) is 78.9 cm³/mol. The van der Waals surface area contributed by atoms with E-state index in [1.807, 2.05) is 23.1 Å². The number of hydrogen-bond donors (Lipinski definition) is 4. The summed E-state index contributed by atoms with van der Waals surface area (Å²) in [6.07, 6.45) is 0. The summed E-state index contributed by atoms with van der Waals surface area (Å²) in [6.45, 7) is 0.987. The number of hydrogen-bond acceptors (Lipinski definition) is 5. The summed E-state index contributed by atoms with van der Waals surface area (Å²) in [5, 5.41) is 20.2. The molecule has 3 aromatic rings. The van der Waals surface area contributed by atoms with Crippen LogP contribution in [0.1, 0.15) is 0 Å². The lowest BCUT2D eigenvalue weighted by Gasteiger charge is -2.20. The average Bonchev–Trinajstić information content (AvgIpc) is 3.00. The van der Waals surface area contributed by atoms with E-state index < -0.39 is 0 Å². The molecule has 2 aromatic heterocycles. The summed E-state index contributed by atoms with van der Waals surface area (Å²) in [6, 6.07) is 7.59. The van der Waals surface area contributed by atoms with Crippen molar-refractivity contribution in [1.29, 1.82) is 0 Å². The summed E-state index contributed by atoms with van der Waals surface area (Å²) in [5.74, 6) is 1.24. The first kappa shape index (κ1) is 12.8. The Morgan fingerprint density at radius 1 is 1.10 bits per heavy atom. The molecule has 1 aromatic carbocycles. The molecule has 3 rings (SSSR count). The first-order chi connectivity index (χ1) is 9.72. The van der Waals surface area contributed by atoms with Crippen LogP contribution in [0.5, 0.6) is 0 Å². The first-order valence-corrected chi connectivity index (χ1v) is 6.50. The van der Waals surface area contributed by atoms with Crippen LogP contribution in [0.15, 0.2) is 28.7 Å². The molecule has 0 spiro atoms. The van der Waals surface area contributed by atoms with E-state index in [1.54, 1.807) is 6.07 Å². The Labute approximate surface area is 115 Å². The maximum Gasteiger partial charge on any atom is 0.191 e. The van der Waals surface area contributed by atoms with Crippen molar-refractivity contribution >= 4 is 33.6 Å². The van der Waals surface area contributed by atoms with E-state index in [9.17, 15) is 0 Å². The molecule has 0 unspecified atom stereocenters. The molecule has 106 valence electrons. The molecule has 0 radical (unpaired) electrons. The van der Waals surface area contributed by atoms with Gasteiger partial charge in [-0.05, 0) is 18.2 Å². The number of furan rings is 1. The van der Waals surface area contributed by atoms with Crippen molar-refractivity contribution in [3.05, 3.63) is 24.3 Å². The third-order valence-corrected chi connectivity index (χ3v) is 3.39. The Balaban J connectivity index is 2.11. The molecule has 6 nitrogen and oxygen atoms in total. The number of anilines is 2. The topological polar surface area (TPSA) is 98.7 Å². The van der Waals surface area contributed by atoms with Gasteiger partial charge in [0.05, 0.1) is 13.2 Å². The maximum absolute atomic E-state index is 9.11. The second-order valence-electron chi connectivity index (χ2n) is 4.68. The molecule has 0 saturated carbocycles. The van der Waals surface area contributed by atoms with Crippen molar-refractivity contribution in [2.24, 2.45) is 0 Å². The van der Waals surface area contributed by atoms with Gasteiger partial charge >= 0.3 is 0 Å². The number of nitrogens with one attached hydrogen (secondary N) is 1. The highest BCUT2D eigenvalue weighted by Crippen LogP contribution is 2.31. The third kappa shape index (κ3) is 2.09. The van der Waals surface area contributed by atoms with Gasteiger partial charge in [-0.2, -0.15) is 0 Å². The molecule has 0 saturated heterocycles. The van der Waals surface area contributed by atoms with Gasteiger partial charge in [-0.25, -0.2) is 0 Å². The molecule has 0 fully saturated rings. The molecule has 5 N–H and O–H groups in total. The second-order valence-corrected chi connectivity index (χ2v) is 4.68. The van der Waals surface area contributed by atoms with Crippen molar-refractivity contribution in [1.82, 2.24) is 4.98 Å². The SMILES string of the molecule is Nc1cc2c(ccc3[nH]c(N(CCO)CCO)cc32)o1. The van der Waals surface area contributed by atoms with Crippen LogP contribution in [-0.4, -0.2) is 41.5 Å². The van der Waals surface area contributed by atoms with Gasteiger partial charge in [0.2, 0.25) is 0 Å². The number of aromatic nitrogens is 1. The second kappa shape index (κ2) is 5.07. The van der Waals surface area contributed by atoms with Gasteiger partial charge in [0.25, 0.3) is 0 Å². The lowest BCUT2D eigenvalue weighted by atomic mass is 10.2. The largest absolute Gasteiger partial charge is 0.441 e. The molecule has 2 heterocycles. The van der Waals surface area contributed by atoms with Crippen molar-refractivity contribution in [2.75, 3.05) is 36.9 Å². The number of fused-ring (bicyclic) bond motifs is 3. The third-order valence-electron chi connectivity index (χ3n) is 3.39. The van der Waals surface area contributed by atoms with E-state index in [-0.39, 0.29) is 13.2 Å². The van der Waals surface area contributed by atoms with Crippen molar-refractivity contribution in [3.63, 3.8) is 0 Å². The average molecular weight is 275 g/mol. The fourth-order valence-electron chi connectivity index (χ4n) is 2.49. The Morgan fingerprint density at radius 3 is 2.55 bits per heavy atom. The number of nitrogens with zero attached hydrogens (tertiary/aromatic N) is 1. The van der Waals surface area contributed by atoms with Crippen LogP contribution in [0, 0.1) is 0 Å². The summed E-state index contributed by atoms with van der Waals surface area (Å²) < 4.78 is 5.41. The summed E-state index contributed by atoms with van der Waals surface area (Å²) >= 11 is 0. The normalized spacial score (nSPS) is 11.5. The van der Waals surface area contributed by atoms with Crippen LogP contribution in [0.4, 0.5) is 11.7 Å². The van der Waals surface area contributed by atoms with Crippen LogP contribution >= 0.6 is 0 Å². The quantitative estimate of drug-likeness (QED) is 0.562. The number of nitrogen functional groups attached to an aromatic ring is 1. The van der Waals surface area contributed by atoms with Gasteiger partial charge in [0.1, 0.15) is 11.4 Å². The van der Waals surface area contributed by atoms with Crippen LogP contribution < -0.4 is 10.6 Å². The van der Waals surface area contributed by atoms with E-state index in [2.05, 4.69) is 4.98 Å². The highest BCUT2D eigenvalue weighted by atomic mass is 16.3. The van der Waals surface area contributed by atoms with Crippen LogP contribution in [0.2, 0.25) is 0 Å². The van der Waals surface area contributed by atoms with Crippen LogP contribution in [0.25, 0.3) is 21.9 Å². The first-order valence-electron chi connectivity index (χ1n) is 6.50. The highest BCUT2D eigenvalue weighted by molar-refractivity contribution is 6.07. The van der Waals surface area contributed by atoms with E-state index in [0.29, 0.717) is 19.0 Å². The zero-order valence-corrected chi connectivity index (χ0v) is 11.0. The number of aliphatic hydroxyl groups is 2. The summed E-state index contributed by atoms with van der Waals surface area (Å²) in [7, 11) is 0. The van der Waals surface area contributed by atoms with E-state index in [1.165, 1.54) is 0 Å². The predicted octanol–water partition coefficient (Wildman–Crippen LogP) is 1.29. The lowest BCUT2D eigenvalue weighted by molar-refractivity contribution is 0.281. The minimum absolute atomic E-state index is 0.0312. The molecule has 0 amide bonds. The molecule has 0 bridgehead atoms. The number of nitrogens with two attached hydrogens (primary N) is 1. The minimum Gasteiger partial charge on any atom is -0.441 e. The molecule has 6 heteroatoms. The van der Waals surface area contributed by atoms with Crippen LogP contribution in [-0.2, 0) is 0 Å². The Bertz CT molecular complexity index is 726. The number of rotatable bonds is 5. The van der Waals surface area contributed by atoms with Crippen molar-refractivity contribution < 1.29 is 14.6 Å². The van der Waals surface area contributed by atoms with Gasteiger partial charge in [-0.15, -0.1) is 0 Å². The van der Waals surface area contributed by atoms with Gasteiger partial charge in [-0.3, -0.25) is 0 Å². The zero-order valence-electron chi connectivity index (χ0n) is 11.0. The van der Waals surface area contributed by atoms with Gasteiger partial charge in [0.15, 0.2) is 5.88 Å². The lowest BCUT2D eigenvalue weighted by Crippen LogP contribution is -2.29. The number of benzene rings is 1. The summed E-state index contributed by atoms with van der Waals surface area (Å²) in [4.78, 5) is 5.19. The van der Waals surface area contributed by atoms with Crippen molar-refractivity contribution in [3.8, 4) is 0 Å². The van der Waals surface area contributed by atoms with Crippen molar-refractivity contribution in [2.45, 2.75) is 0 Å². The summed E-state index contributed by atoms with van der Waals surface area (Å²) in [5.41, 5.74) is 7.40. The molecular formula is C14H17N3O3. The molecule has 0 aliphatic heterocycles. The minimum atomic E-state index is 0.0312. The molecule has 0 atom stereocenters. The Morgan fingerprint density at radius 2 is 1.85 bits per heavy atom. The molecule has 0 aliphatic rings. The Hall–Kier alpha value is -2.18. The maximum atomic E-state index is 9.11.